The van der Waals surface area contributed by atoms with Crippen molar-refractivity contribution in [1.29, 1.82) is 0 Å². The van der Waals surface area contributed by atoms with Crippen LogP contribution in [0.5, 0.6) is 0 Å². The number of alkyl carbamates (subject to hydrolysis) is 2. The van der Waals surface area contributed by atoms with E-state index < -0.39 is 65.6 Å². The summed E-state index contributed by atoms with van der Waals surface area (Å²) in [6.07, 6.45) is -0.0437. The van der Waals surface area contributed by atoms with Gasteiger partial charge in [0.1, 0.15) is 43.0 Å². The van der Waals surface area contributed by atoms with E-state index in [-0.39, 0.29) is 38.5 Å². The molecule has 0 aliphatic heterocycles. The second-order valence-corrected chi connectivity index (χ2v) is 13.9. The Hall–Kier alpha value is -5.14. The van der Waals surface area contributed by atoms with Gasteiger partial charge in [0, 0.05) is 6.54 Å². The molecule has 52 heavy (non-hydrogen) atoms. The molecule has 14 heteroatoms. The van der Waals surface area contributed by atoms with Crippen LogP contribution in [0.25, 0.3) is 0 Å². The third kappa shape index (κ3) is 17.7. The van der Waals surface area contributed by atoms with Crippen molar-refractivity contribution in [2.75, 3.05) is 6.54 Å². The van der Waals surface area contributed by atoms with Crippen LogP contribution in [-0.2, 0) is 46.6 Å². The molecule has 0 radical (unpaired) electrons. The summed E-state index contributed by atoms with van der Waals surface area (Å²) >= 11 is 0. The molecule has 0 bridgehead atoms. The molecule has 5 amide bonds. The lowest BCUT2D eigenvalue weighted by Crippen LogP contribution is -2.57. The molecule has 0 saturated carbocycles. The van der Waals surface area contributed by atoms with Crippen molar-refractivity contribution in [3.63, 3.8) is 0 Å². The van der Waals surface area contributed by atoms with Crippen LogP contribution in [0.3, 0.4) is 0 Å². The van der Waals surface area contributed by atoms with Crippen LogP contribution < -0.4 is 26.6 Å². The van der Waals surface area contributed by atoms with Gasteiger partial charge in [0.2, 0.25) is 17.7 Å². The zero-order valence-electron chi connectivity index (χ0n) is 31.3. The molecule has 0 aromatic heterocycles. The fraction of sp³-hybridized carbons (Fsp3) is 0.526. The summed E-state index contributed by atoms with van der Waals surface area (Å²) < 4.78 is 15.9. The van der Waals surface area contributed by atoms with Gasteiger partial charge in [-0.15, -0.1) is 0 Å². The Bertz CT molecular complexity index is 1450. The van der Waals surface area contributed by atoms with E-state index in [1.807, 2.05) is 74.5 Å². The molecule has 2 aromatic rings. The first-order chi connectivity index (χ1) is 24.5. The van der Waals surface area contributed by atoms with E-state index in [0.29, 0.717) is 12.8 Å². The zero-order chi connectivity index (χ0) is 38.7. The van der Waals surface area contributed by atoms with Gasteiger partial charge in [0.25, 0.3) is 0 Å². The Kier molecular flexibility index (Phi) is 18.2. The van der Waals surface area contributed by atoms with Gasteiger partial charge in [-0.2, -0.15) is 0 Å². The molecule has 0 heterocycles. The Morgan fingerprint density at radius 1 is 0.615 bits per heavy atom. The molecule has 0 unspecified atom stereocenters. The average Bonchev–Trinajstić information content (AvgIpc) is 3.08. The van der Waals surface area contributed by atoms with Crippen molar-refractivity contribution >= 4 is 35.9 Å². The van der Waals surface area contributed by atoms with Crippen LogP contribution in [0.4, 0.5) is 9.59 Å². The number of ether oxygens (including phenoxy) is 3. The predicted molar refractivity (Wildman–Crippen MR) is 194 cm³/mol. The molecule has 0 aliphatic carbocycles. The number of hydrogen-bond acceptors (Lipinski definition) is 9. The van der Waals surface area contributed by atoms with Crippen LogP contribution in [0.15, 0.2) is 60.7 Å². The predicted octanol–water partition coefficient (Wildman–Crippen LogP) is 4.26. The maximum atomic E-state index is 13.4. The summed E-state index contributed by atoms with van der Waals surface area (Å²) in [7, 11) is 0. The molecular weight excluding hydrogens is 670 g/mol. The zero-order valence-corrected chi connectivity index (χ0v) is 31.3. The van der Waals surface area contributed by atoms with Crippen molar-refractivity contribution in [3.8, 4) is 0 Å². The second-order valence-electron chi connectivity index (χ2n) is 13.9. The largest absolute Gasteiger partial charge is 0.459 e. The van der Waals surface area contributed by atoms with Crippen LogP contribution in [0, 0.1) is 5.92 Å². The fourth-order valence-corrected chi connectivity index (χ4v) is 4.76. The third-order valence-electron chi connectivity index (χ3n) is 7.44. The van der Waals surface area contributed by atoms with E-state index in [0.717, 1.165) is 11.1 Å². The highest BCUT2D eigenvalue weighted by Gasteiger charge is 2.30. The smallest absolute Gasteiger partial charge is 0.408 e. The average molecular weight is 726 g/mol. The first kappa shape index (κ1) is 43.0. The van der Waals surface area contributed by atoms with Crippen LogP contribution in [-0.4, -0.2) is 72.2 Å². The highest BCUT2D eigenvalue weighted by Crippen LogP contribution is 2.10. The highest BCUT2D eigenvalue weighted by molar-refractivity contribution is 5.94. The number of esters is 1. The highest BCUT2D eigenvalue weighted by atomic mass is 16.6. The SMILES string of the molecule is CC(C)C[C@H](NC(=O)[C@@H](C)NC(=O)[C@H](CCCCNC(=O)OCc1ccccc1)NC(=O)OC(C)(C)C)C(=O)N[C@H](C)C(=O)OCc1ccccc1. The Balaban J connectivity index is 1.94. The van der Waals surface area contributed by atoms with E-state index in [4.69, 9.17) is 14.2 Å². The lowest BCUT2D eigenvalue weighted by Gasteiger charge is -2.26. The maximum Gasteiger partial charge on any atom is 0.408 e. The van der Waals surface area contributed by atoms with E-state index >= 15 is 0 Å². The fourth-order valence-electron chi connectivity index (χ4n) is 4.76. The summed E-state index contributed by atoms with van der Waals surface area (Å²) in [4.78, 5) is 77.0. The van der Waals surface area contributed by atoms with Gasteiger partial charge < -0.3 is 40.8 Å². The molecule has 0 fully saturated rings. The lowest BCUT2D eigenvalue weighted by molar-refractivity contribution is -0.148. The monoisotopic (exact) mass is 725 g/mol. The summed E-state index contributed by atoms with van der Waals surface area (Å²) in [5.41, 5.74) is 0.838. The van der Waals surface area contributed by atoms with Crippen LogP contribution in [0.2, 0.25) is 0 Å². The molecule has 286 valence electrons. The molecule has 2 rings (SSSR count). The van der Waals surface area contributed by atoms with Gasteiger partial charge in [0.15, 0.2) is 0 Å². The van der Waals surface area contributed by atoms with Gasteiger partial charge in [-0.05, 0) is 77.3 Å². The molecule has 0 aliphatic rings. The number of benzene rings is 2. The van der Waals surface area contributed by atoms with E-state index in [1.165, 1.54) is 13.8 Å². The topological polar surface area (TPSA) is 190 Å². The Labute approximate surface area is 306 Å². The molecule has 4 atom stereocenters. The van der Waals surface area contributed by atoms with Gasteiger partial charge in [0.05, 0.1) is 0 Å². The normalized spacial score (nSPS) is 13.4. The summed E-state index contributed by atoms with van der Waals surface area (Å²) in [5, 5.41) is 13.1. The number of rotatable bonds is 19. The van der Waals surface area contributed by atoms with Crippen molar-refractivity contribution in [1.82, 2.24) is 26.6 Å². The number of unbranched alkanes of at least 4 members (excludes halogenated alkanes) is 1. The standard InChI is InChI=1S/C38H55N5O9/c1-25(2)22-31(34(46)41-27(4)35(47)50-23-28-16-10-8-11-17-28)42-32(44)26(3)40-33(45)30(43-37(49)52-38(5,6)7)20-14-15-21-39-36(48)51-24-29-18-12-9-13-19-29/h8-13,16-19,25-27,30-31H,14-15,20-24H2,1-7H3,(H,39,48)(H,40,45)(H,41,46)(H,42,44)(H,43,49)/t26-,27-,30+,31+/m1/s1. The molecule has 5 N–H and O–H groups in total. The van der Waals surface area contributed by atoms with Crippen molar-refractivity contribution in [2.24, 2.45) is 5.92 Å². The molecule has 0 spiro atoms. The maximum absolute atomic E-state index is 13.4. The summed E-state index contributed by atoms with van der Waals surface area (Å²) in [6.45, 7) is 12.2. The Morgan fingerprint density at radius 2 is 1.15 bits per heavy atom. The third-order valence-corrected chi connectivity index (χ3v) is 7.44. The van der Waals surface area contributed by atoms with Gasteiger partial charge >= 0.3 is 18.2 Å². The number of carbonyl (C=O) groups is 6. The minimum atomic E-state index is -1.09. The van der Waals surface area contributed by atoms with E-state index in [1.54, 1.807) is 20.8 Å². The number of amides is 5. The van der Waals surface area contributed by atoms with Crippen LogP contribution >= 0.6 is 0 Å². The quantitative estimate of drug-likeness (QED) is 0.0801. The van der Waals surface area contributed by atoms with Gasteiger partial charge in [-0.3, -0.25) is 14.4 Å². The first-order valence-corrected chi connectivity index (χ1v) is 17.6. The van der Waals surface area contributed by atoms with E-state index in [2.05, 4.69) is 26.6 Å². The van der Waals surface area contributed by atoms with Gasteiger partial charge in [-0.25, -0.2) is 14.4 Å². The van der Waals surface area contributed by atoms with Crippen molar-refractivity contribution < 1.29 is 43.0 Å². The van der Waals surface area contributed by atoms with Crippen molar-refractivity contribution in [3.05, 3.63) is 71.8 Å². The van der Waals surface area contributed by atoms with E-state index in [9.17, 15) is 28.8 Å². The second kappa shape index (κ2) is 21.9. The van der Waals surface area contributed by atoms with Crippen LogP contribution in [0.1, 0.15) is 85.3 Å². The molecular formula is C38H55N5O9. The number of nitrogens with one attached hydrogen (secondary N) is 5. The number of hydrogen-bond donors (Lipinski definition) is 5. The molecule has 14 nitrogen and oxygen atoms in total. The lowest BCUT2D eigenvalue weighted by atomic mass is 10.0. The number of carbonyl (C=O) groups excluding carboxylic acids is 6. The first-order valence-electron chi connectivity index (χ1n) is 17.6. The van der Waals surface area contributed by atoms with Crippen molar-refractivity contribution in [2.45, 2.75) is 117 Å². The summed E-state index contributed by atoms with van der Waals surface area (Å²) in [6, 6.07) is 14.2. The van der Waals surface area contributed by atoms with Gasteiger partial charge in [-0.1, -0.05) is 74.5 Å². The molecule has 0 saturated heterocycles. The minimum Gasteiger partial charge on any atom is -0.459 e. The minimum absolute atomic E-state index is 0.00361. The summed E-state index contributed by atoms with van der Waals surface area (Å²) in [5.74, 6) is -2.48. The Morgan fingerprint density at radius 3 is 1.71 bits per heavy atom. The molecule has 2 aromatic carbocycles.